The number of ether oxygens (including phenoxy) is 1. The van der Waals surface area contributed by atoms with Crippen molar-refractivity contribution in [3.63, 3.8) is 0 Å². The molecule has 35 heavy (non-hydrogen) atoms. The summed E-state index contributed by atoms with van der Waals surface area (Å²) in [7, 11) is 1.67. The highest BCUT2D eigenvalue weighted by Crippen LogP contribution is 2.29. The van der Waals surface area contributed by atoms with E-state index in [4.69, 9.17) is 4.74 Å². The normalized spacial score (nSPS) is 15.5. The number of amides is 1. The quantitative estimate of drug-likeness (QED) is 0.435. The largest absolute Gasteiger partial charge is 0.383 e. The SMILES string of the molecule is CC.COC[C@@H]1CCCN1CCCN(CO)C(=O)c1ccc(F)c(F)c1Nc1ccc(C)cc1F.[HH]. The fraction of sp³-hybridized carbons (Fsp3) is 0.500. The molecule has 0 unspecified atom stereocenters. The number of aliphatic hydroxyl groups excluding tert-OH is 1. The molecule has 2 aromatic carbocycles. The van der Waals surface area contributed by atoms with Crippen LogP contribution in [0.15, 0.2) is 30.3 Å². The van der Waals surface area contributed by atoms with Gasteiger partial charge in [-0.05, 0) is 62.6 Å². The van der Waals surface area contributed by atoms with Crippen LogP contribution in [0.5, 0.6) is 0 Å². The first kappa shape index (κ1) is 28.6. The number of likely N-dealkylation sites (tertiary alicyclic amines) is 1. The predicted octanol–water partition coefficient (Wildman–Crippen LogP) is 5.32. The lowest BCUT2D eigenvalue weighted by molar-refractivity contribution is 0.0532. The Bertz CT molecular complexity index is 981. The minimum absolute atomic E-state index is 0. The molecule has 1 saturated heterocycles. The van der Waals surface area contributed by atoms with Gasteiger partial charge in [-0.15, -0.1) is 0 Å². The topological polar surface area (TPSA) is 65.0 Å². The number of anilines is 2. The molecule has 0 spiro atoms. The highest BCUT2D eigenvalue weighted by molar-refractivity contribution is 6.00. The molecule has 2 aromatic rings. The van der Waals surface area contributed by atoms with E-state index in [0.717, 1.165) is 43.0 Å². The van der Waals surface area contributed by atoms with Gasteiger partial charge >= 0.3 is 0 Å². The highest BCUT2D eigenvalue weighted by Gasteiger charge is 2.26. The Balaban J connectivity index is 0.00000211. The van der Waals surface area contributed by atoms with Crippen LogP contribution in [0, 0.1) is 24.4 Å². The molecule has 3 rings (SSSR count). The first-order valence-electron chi connectivity index (χ1n) is 12.0. The molecule has 1 aliphatic heterocycles. The summed E-state index contributed by atoms with van der Waals surface area (Å²) in [6.07, 6.45) is 2.72. The second-order valence-electron chi connectivity index (χ2n) is 8.24. The van der Waals surface area contributed by atoms with Crippen molar-refractivity contribution < 1.29 is 29.2 Å². The molecule has 1 aliphatic rings. The Morgan fingerprint density at radius 1 is 1.23 bits per heavy atom. The number of aryl methyl sites for hydroxylation is 1. The lowest BCUT2D eigenvalue weighted by atomic mass is 10.1. The lowest BCUT2D eigenvalue weighted by Crippen LogP contribution is -2.38. The molecule has 0 radical (unpaired) electrons. The molecule has 2 N–H and O–H groups in total. The maximum Gasteiger partial charge on any atom is 0.257 e. The first-order chi connectivity index (χ1) is 16.8. The number of carbonyl (C=O) groups excluding carboxylic acids is 1. The molecule has 1 atom stereocenters. The number of hydrogen-bond acceptors (Lipinski definition) is 5. The monoisotopic (exact) mass is 497 g/mol. The van der Waals surface area contributed by atoms with Crippen molar-refractivity contribution in [1.82, 2.24) is 9.80 Å². The van der Waals surface area contributed by atoms with Crippen molar-refractivity contribution in [2.45, 2.75) is 46.1 Å². The Labute approximate surface area is 207 Å². The molecule has 1 heterocycles. The zero-order chi connectivity index (χ0) is 26.0. The van der Waals surface area contributed by atoms with Crippen LogP contribution in [0.3, 0.4) is 0 Å². The fourth-order valence-corrected chi connectivity index (χ4v) is 4.15. The summed E-state index contributed by atoms with van der Waals surface area (Å²) in [6.45, 7) is 7.64. The van der Waals surface area contributed by atoms with E-state index in [9.17, 15) is 23.1 Å². The van der Waals surface area contributed by atoms with E-state index in [-0.39, 0.29) is 19.2 Å². The van der Waals surface area contributed by atoms with Gasteiger partial charge in [-0.2, -0.15) is 0 Å². The summed E-state index contributed by atoms with van der Waals surface area (Å²) in [4.78, 5) is 16.5. The molecular weight excluding hydrogens is 459 g/mol. The van der Waals surface area contributed by atoms with Crippen molar-refractivity contribution in [3.05, 3.63) is 58.9 Å². The van der Waals surface area contributed by atoms with E-state index in [1.165, 1.54) is 12.1 Å². The molecule has 6 nitrogen and oxygen atoms in total. The smallest absolute Gasteiger partial charge is 0.257 e. The van der Waals surface area contributed by atoms with Crippen molar-refractivity contribution in [2.75, 3.05) is 45.4 Å². The zero-order valence-corrected chi connectivity index (χ0v) is 20.9. The van der Waals surface area contributed by atoms with Crippen LogP contribution in [-0.4, -0.2) is 66.9 Å². The van der Waals surface area contributed by atoms with Crippen LogP contribution < -0.4 is 5.32 Å². The average molecular weight is 498 g/mol. The standard InChI is InChI=1S/C24H30F3N3O3.C2H6.H2/c1-16-6-9-21(20(26)13-16)28-23-18(7-8-19(25)22(23)27)24(32)30(15-31)12-4-11-29-10-3-5-17(29)14-33-2;1-2;/h6-9,13,17,28,31H,3-5,10-12,14-15H2,1-2H3;1-2H3;1H/t17-;;/m0../s1. The van der Waals surface area contributed by atoms with E-state index >= 15 is 0 Å². The van der Waals surface area contributed by atoms with Crippen LogP contribution in [-0.2, 0) is 4.74 Å². The van der Waals surface area contributed by atoms with Crippen LogP contribution >= 0.6 is 0 Å². The second-order valence-corrected chi connectivity index (χ2v) is 8.24. The second kappa shape index (κ2) is 14.1. The fourth-order valence-electron chi connectivity index (χ4n) is 4.15. The molecular formula is C26H38F3N3O3. The van der Waals surface area contributed by atoms with E-state index in [2.05, 4.69) is 10.2 Å². The number of rotatable bonds is 10. The number of nitrogens with one attached hydrogen (secondary N) is 1. The van der Waals surface area contributed by atoms with Gasteiger partial charge in [0.15, 0.2) is 11.6 Å². The number of aliphatic hydroxyl groups is 1. The van der Waals surface area contributed by atoms with Crippen LogP contribution in [0.4, 0.5) is 24.5 Å². The number of carbonyl (C=O) groups is 1. The Morgan fingerprint density at radius 2 is 1.97 bits per heavy atom. The summed E-state index contributed by atoms with van der Waals surface area (Å²) in [6, 6.07) is 6.55. The molecule has 1 amide bonds. The van der Waals surface area contributed by atoms with E-state index in [1.807, 2.05) is 13.8 Å². The maximum atomic E-state index is 14.6. The van der Waals surface area contributed by atoms with E-state index < -0.39 is 35.8 Å². The number of halogens is 3. The van der Waals surface area contributed by atoms with Gasteiger partial charge in [0.25, 0.3) is 5.91 Å². The van der Waals surface area contributed by atoms with Gasteiger partial charge in [0, 0.05) is 27.7 Å². The number of hydrogen-bond donors (Lipinski definition) is 2. The molecule has 1 fully saturated rings. The van der Waals surface area contributed by atoms with E-state index in [0.29, 0.717) is 24.6 Å². The Morgan fingerprint density at radius 3 is 2.63 bits per heavy atom. The predicted molar refractivity (Wildman–Crippen MR) is 133 cm³/mol. The van der Waals surface area contributed by atoms with Gasteiger partial charge in [0.2, 0.25) is 0 Å². The van der Waals surface area contributed by atoms with E-state index in [1.54, 1.807) is 20.1 Å². The van der Waals surface area contributed by atoms with Gasteiger partial charge in [-0.1, -0.05) is 19.9 Å². The Kier molecular flexibility index (Phi) is 11.5. The van der Waals surface area contributed by atoms with Crippen molar-refractivity contribution in [1.29, 1.82) is 0 Å². The maximum absolute atomic E-state index is 14.6. The Hall–Kier alpha value is -2.62. The molecule has 9 heteroatoms. The summed E-state index contributed by atoms with van der Waals surface area (Å²) in [5, 5.41) is 12.3. The van der Waals surface area contributed by atoms with Gasteiger partial charge in [0.1, 0.15) is 12.5 Å². The third-order valence-electron chi connectivity index (χ3n) is 5.90. The van der Waals surface area contributed by atoms with Gasteiger partial charge in [-0.25, -0.2) is 13.2 Å². The average Bonchev–Trinajstić information content (AvgIpc) is 3.29. The van der Waals surface area contributed by atoms with Gasteiger partial charge in [-0.3, -0.25) is 9.69 Å². The summed E-state index contributed by atoms with van der Waals surface area (Å²) in [5.74, 6) is -3.80. The molecule has 0 aromatic heterocycles. The van der Waals surface area contributed by atoms with Crippen LogP contribution in [0.1, 0.15) is 50.5 Å². The summed E-state index contributed by atoms with van der Waals surface area (Å²) < 4.78 is 48.1. The van der Waals surface area contributed by atoms with Gasteiger partial charge in [0.05, 0.1) is 23.5 Å². The molecule has 0 aliphatic carbocycles. The minimum atomic E-state index is -1.29. The van der Waals surface area contributed by atoms with Crippen LogP contribution in [0.25, 0.3) is 0 Å². The number of benzene rings is 2. The van der Waals surface area contributed by atoms with Crippen molar-refractivity contribution in [3.8, 4) is 0 Å². The van der Waals surface area contributed by atoms with Crippen molar-refractivity contribution in [2.24, 2.45) is 0 Å². The minimum Gasteiger partial charge on any atom is -0.383 e. The van der Waals surface area contributed by atoms with Gasteiger partial charge < -0.3 is 20.1 Å². The highest BCUT2D eigenvalue weighted by atomic mass is 19.2. The molecule has 0 bridgehead atoms. The number of nitrogens with zero attached hydrogens (tertiary/aromatic N) is 2. The third kappa shape index (κ3) is 7.43. The zero-order valence-electron chi connectivity index (χ0n) is 20.9. The lowest BCUT2D eigenvalue weighted by Gasteiger charge is -2.26. The van der Waals surface area contributed by atoms with Crippen molar-refractivity contribution >= 4 is 17.3 Å². The molecule has 0 saturated carbocycles. The van der Waals surface area contributed by atoms with Crippen LogP contribution in [0.2, 0.25) is 0 Å². The third-order valence-corrected chi connectivity index (χ3v) is 5.90. The molecule has 196 valence electrons. The summed E-state index contributed by atoms with van der Waals surface area (Å²) >= 11 is 0. The number of methoxy groups -OCH3 is 1. The first-order valence-corrected chi connectivity index (χ1v) is 12.0. The summed E-state index contributed by atoms with van der Waals surface area (Å²) in [5.41, 5.74) is -0.0959.